The van der Waals surface area contributed by atoms with Gasteiger partial charge in [0.15, 0.2) is 0 Å². The van der Waals surface area contributed by atoms with Crippen molar-refractivity contribution < 1.29 is 13.9 Å². The summed E-state index contributed by atoms with van der Waals surface area (Å²) in [5, 5.41) is 5.90. The van der Waals surface area contributed by atoms with Gasteiger partial charge >= 0.3 is 0 Å². The molecule has 1 amide bonds. The Hall–Kier alpha value is -0.980. The van der Waals surface area contributed by atoms with Crippen molar-refractivity contribution in [1.82, 2.24) is 10.6 Å². The van der Waals surface area contributed by atoms with Gasteiger partial charge in [-0.2, -0.15) is 0 Å². The lowest BCUT2D eigenvalue weighted by Crippen LogP contribution is -2.48. The number of carbonyl (C=O) groups excluding carboxylic acids is 1. The Balaban J connectivity index is 1.92. The van der Waals surface area contributed by atoms with Crippen molar-refractivity contribution in [2.24, 2.45) is 0 Å². The summed E-state index contributed by atoms with van der Waals surface area (Å²) < 4.78 is 19.4. The standard InChI is InChI=1S/C12H14BrFN2O2/c13-8-1-2-11(14)10(5-8)12(17)16-6-9-7-18-4-3-15-9/h1-2,5,9,15H,3-4,6-7H2,(H,16,17). The molecule has 1 saturated heterocycles. The normalized spacial score (nSPS) is 19.6. The van der Waals surface area contributed by atoms with E-state index in [-0.39, 0.29) is 11.6 Å². The lowest BCUT2D eigenvalue weighted by Gasteiger charge is -2.23. The van der Waals surface area contributed by atoms with Crippen molar-refractivity contribution in [2.45, 2.75) is 6.04 Å². The minimum absolute atomic E-state index is 0.0427. The number of hydrogen-bond acceptors (Lipinski definition) is 3. The SMILES string of the molecule is O=C(NCC1COCCN1)c1cc(Br)ccc1F. The number of carbonyl (C=O) groups is 1. The molecular weight excluding hydrogens is 303 g/mol. The van der Waals surface area contributed by atoms with Crippen molar-refractivity contribution in [3.63, 3.8) is 0 Å². The molecule has 0 spiro atoms. The Morgan fingerprint density at radius 3 is 3.17 bits per heavy atom. The molecule has 1 atom stereocenters. The molecule has 1 fully saturated rings. The molecule has 0 aromatic heterocycles. The third-order valence-corrected chi connectivity index (χ3v) is 3.17. The van der Waals surface area contributed by atoms with Gasteiger partial charge in [-0.15, -0.1) is 0 Å². The summed E-state index contributed by atoms with van der Waals surface area (Å²) >= 11 is 3.21. The molecule has 1 unspecified atom stereocenters. The quantitative estimate of drug-likeness (QED) is 0.884. The second-order valence-corrected chi connectivity index (χ2v) is 4.98. The summed E-state index contributed by atoms with van der Waals surface area (Å²) in [6.45, 7) is 2.43. The zero-order valence-electron chi connectivity index (χ0n) is 9.71. The predicted molar refractivity (Wildman–Crippen MR) is 69.0 cm³/mol. The van der Waals surface area contributed by atoms with E-state index in [4.69, 9.17) is 4.74 Å². The van der Waals surface area contributed by atoms with Gasteiger partial charge in [0, 0.05) is 23.6 Å². The van der Waals surface area contributed by atoms with Gasteiger partial charge in [0.2, 0.25) is 0 Å². The maximum absolute atomic E-state index is 13.5. The fourth-order valence-corrected chi connectivity index (χ4v) is 2.09. The van der Waals surface area contributed by atoms with Gasteiger partial charge < -0.3 is 15.4 Å². The zero-order valence-corrected chi connectivity index (χ0v) is 11.3. The van der Waals surface area contributed by atoms with E-state index in [0.717, 1.165) is 6.54 Å². The van der Waals surface area contributed by atoms with Crippen LogP contribution in [0.4, 0.5) is 4.39 Å². The molecule has 0 bridgehead atoms. The molecule has 1 aliphatic rings. The fourth-order valence-electron chi connectivity index (χ4n) is 1.73. The van der Waals surface area contributed by atoms with Gasteiger partial charge in [0.25, 0.3) is 5.91 Å². The minimum Gasteiger partial charge on any atom is -0.378 e. The highest BCUT2D eigenvalue weighted by Gasteiger charge is 2.16. The van der Waals surface area contributed by atoms with E-state index in [2.05, 4.69) is 26.6 Å². The summed E-state index contributed by atoms with van der Waals surface area (Å²) in [6, 6.07) is 4.37. The maximum Gasteiger partial charge on any atom is 0.254 e. The Kier molecular flexibility index (Phi) is 4.68. The van der Waals surface area contributed by atoms with Crippen LogP contribution in [0.15, 0.2) is 22.7 Å². The third-order valence-electron chi connectivity index (χ3n) is 2.68. The van der Waals surface area contributed by atoms with E-state index >= 15 is 0 Å². The van der Waals surface area contributed by atoms with Crippen LogP contribution in [0.3, 0.4) is 0 Å². The zero-order chi connectivity index (χ0) is 13.0. The second kappa shape index (κ2) is 6.26. The number of halogens is 2. The molecule has 98 valence electrons. The number of ether oxygens (including phenoxy) is 1. The summed E-state index contributed by atoms with van der Waals surface area (Å²) in [6.07, 6.45) is 0. The molecular formula is C12H14BrFN2O2. The molecule has 0 aliphatic carbocycles. The first kappa shape index (κ1) is 13.5. The molecule has 6 heteroatoms. The van der Waals surface area contributed by atoms with Crippen LogP contribution in [0.1, 0.15) is 10.4 Å². The highest BCUT2D eigenvalue weighted by atomic mass is 79.9. The number of rotatable bonds is 3. The van der Waals surface area contributed by atoms with Crippen LogP contribution in [-0.2, 0) is 4.74 Å². The molecule has 1 aromatic carbocycles. The first-order valence-corrected chi connectivity index (χ1v) is 6.50. The first-order chi connectivity index (χ1) is 8.66. The number of benzene rings is 1. The largest absolute Gasteiger partial charge is 0.378 e. The first-order valence-electron chi connectivity index (χ1n) is 5.71. The van der Waals surface area contributed by atoms with Crippen LogP contribution in [0, 0.1) is 5.82 Å². The lowest BCUT2D eigenvalue weighted by atomic mass is 10.2. The predicted octanol–water partition coefficient (Wildman–Crippen LogP) is 1.31. The van der Waals surface area contributed by atoms with Gasteiger partial charge in [-0.05, 0) is 18.2 Å². The van der Waals surface area contributed by atoms with Crippen LogP contribution in [0.2, 0.25) is 0 Å². The second-order valence-electron chi connectivity index (χ2n) is 4.06. The Labute approximate surface area is 113 Å². The average molecular weight is 317 g/mol. The van der Waals surface area contributed by atoms with Gasteiger partial charge in [-0.25, -0.2) is 4.39 Å². The molecule has 1 heterocycles. The average Bonchev–Trinajstić information content (AvgIpc) is 2.40. The van der Waals surface area contributed by atoms with E-state index in [1.807, 2.05) is 0 Å². The van der Waals surface area contributed by atoms with Crippen LogP contribution in [0.25, 0.3) is 0 Å². The van der Waals surface area contributed by atoms with Gasteiger partial charge in [0.1, 0.15) is 5.82 Å². The fraction of sp³-hybridized carbons (Fsp3) is 0.417. The topological polar surface area (TPSA) is 50.4 Å². The van der Waals surface area contributed by atoms with Gasteiger partial charge in [-0.1, -0.05) is 15.9 Å². The van der Waals surface area contributed by atoms with E-state index < -0.39 is 11.7 Å². The minimum atomic E-state index is -0.524. The van der Waals surface area contributed by atoms with E-state index in [9.17, 15) is 9.18 Å². The number of nitrogens with one attached hydrogen (secondary N) is 2. The number of amides is 1. The Morgan fingerprint density at radius 1 is 1.61 bits per heavy atom. The third kappa shape index (κ3) is 3.51. The number of hydrogen-bond donors (Lipinski definition) is 2. The maximum atomic E-state index is 13.5. The molecule has 2 rings (SSSR count). The summed E-state index contributed by atoms with van der Waals surface area (Å²) in [4.78, 5) is 11.8. The lowest BCUT2D eigenvalue weighted by molar-refractivity contribution is 0.0734. The highest BCUT2D eigenvalue weighted by Crippen LogP contribution is 2.15. The van der Waals surface area contributed by atoms with E-state index in [0.29, 0.717) is 24.2 Å². The molecule has 1 aromatic rings. The van der Waals surface area contributed by atoms with Crippen LogP contribution in [-0.4, -0.2) is 38.3 Å². The monoisotopic (exact) mass is 316 g/mol. The van der Waals surface area contributed by atoms with Crippen molar-refractivity contribution in [1.29, 1.82) is 0 Å². The van der Waals surface area contributed by atoms with Crippen molar-refractivity contribution in [3.8, 4) is 0 Å². The number of morpholine rings is 1. The van der Waals surface area contributed by atoms with Crippen LogP contribution < -0.4 is 10.6 Å². The molecule has 2 N–H and O–H groups in total. The van der Waals surface area contributed by atoms with E-state index in [1.54, 1.807) is 6.07 Å². The molecule has 1 aliphatic heterocycles. The van der Waals surface area contributed by atoms with Crippen LogP contribution in [0.5, 0.6) is 0 Å². The summed E-state index contributed by atoms with van der Waals surface area (Å²) in [5.41, 5.74) is 0.0427. The molecule has 4 nitrogen and oxygen atoms in total. The van der Waals surface area contributed by atoms with Crippen molar-refractivity contribution >= 4 is 21.8 Å². The molecule has 18 heavy (non-hydrogen) atoms. The summed E-state index contributed by atoms with van der Waals surface area (Å²) in [5.74, 6) is -0.940. The molecule has 0 saturated carbocycles. The highest BCUT2D eigenvalue weighted by molar-refractivity contribution is 9.10. The molecule has 0 radical (unpaired) electrons. The van der Waals surface area contributed by atoms with Crippen molar-refractivity contribution in [2.75, 3.05) is 26.3 Å². The van der Waals surface area contributed by atoms with Gasteiger partial charge in [0.05, 0.1) is 18.8 Å². The van der Waals surface area contributed by atoms with Crippen LogP contribution >= 0.6 is 15.9 Å². The Bertz CT molecular complexity index is 436. The van der Waals surface area contributed by atoms with Crippen molar-refractivity contribution in [3.05, 3.63) is 34.1 Å². The Morgan fingerprint density at radius 2 is 2.44 bits per heavy atom. The summed E-state index contributed by atoms with van der Waals surface area (Å²) in [7, 11) is 0. The van der Waals surface area contributed by atoms with Gasteiger partial charge in [-0.3, -0.25) is 4.79 Å². The van der Waals surface area contributed by atoms with E-state index in [1.165, 1.54) is 12.1 Å². The smallest absolute Gasteiger partial charge is 0.254 e.